The molecule has 96 valence electrons. The van der Waals surface area contributed by atoms with Crippen molar-refractivity contribution in [2.24, 2.45) is 0 Å². The van der Waals surface area contributed by atoms with Gasteiger partial charge in [0.05, 0.1) is 12.2 Å². The van der Waals surface area contributed by atoms with E-state index in [4.69, 9.17) is 4.74 Å². The standard InChI is InChI=1S/C16H14O2S/c1-19-13-7-5-11(6-8-13)15(17)14-4-2-3-12-9-10-18-16(12)14/h2-8H,9-10H2,1H3. The van der Waals surface area contributed by atoms with Gasteiger partial charge in [0.1, 0.15) is 5.75 Å². The number of hydrogen-bond acceptors (Lipinski definition) is 3. The summed E-state index contributed by atoms with van der Waals surface area (Å²) < 4.78 is 5.59. The van der Waals surface area contributed by atoms with Crippen molar-refractivity contribution in [1.29, 1.82) is 0 Å². The monoisotopic (exact) mass is 270 g/mol. The summed E-state index contributed by atoms with van der Waals surface area (Å²) in [6, 6.07) is 13.5. The number of thioether (sulfide) groups is 1. The zero-order valence-electron chi connectivity index (χ0n) is 10.7. The van der Waals surface area contributed by atoms with Crippen LogP contribution in [0.2, 0.25) is 0 Å². The molecule has 19 heavy (non-hydrogen) atoms. The molecule has 1 heterocycles. The number of hydrogen-bond donors (Lipinski definition) is 0. The summed E-state index contributed by atoms with van der Waals surface area (Å²) in [4.78, 5) is 13.7. The Labute approximate surface area is 116 Å². The zero-order chi connectivity index (χ0) is 13.2. The van der Waals surface area contributed by atoms with Crippen LogP contribution in [0.15, 0.2) is 47.4 Å². The van der Waals surface area contributed by atoms with Gasteiger partial charge in [0, 0.05) is 16.9 Å². The van der Waals surface area contributed by atoms with Crippen LogP contribution in [0, 0.1) is 0 Å². The maximum Gasteiger partial charge on any atom is 0.196 e. The first-order chi connectivity index (χ1) is 9.29. The third-order valence-corrected chi connectivity index (χ3v) is 4.05. The topological polar surface area (TPSA) is 26.3 Å². The molecule has 0 fully saturated rings. The van der Waals surface area contributed by atoms with Crippen LogP contribution in [0.25, 0.3) is 0 Å². The lowest BCUT2D eigenvalue weighted by Gasteiger charge is -2.07. The Bertz CT molecular complexity index is 617. The predicted octanol–water partition coefficient (Wildman–Crippen LogP) is 3.57. The molecular weight excluding hydrogens is 256 g/mol. The second kappa shape index (κ2) is 5.10. The van der Waals surface area contributed by atoms with Gasteiger partial charge in [-0.3, -0.25) is 4.79 Å². The van der Waals surface area contributed by atoms with Crippen molar-refractivity contribution in [3.63, 3.8) is 0 Å². The summed E-state index contributed by atoms with van der Waals surface area (Å²) in [6.45, 7) is 0.672. The van der Waals surface area contributed by atoms with E-state index in [0.29, 0.717) is 17.7 Å². The highest BCUT2D eigenvalue weighted by Crippen LogP contribution is 2.31. The highest BCUT2D eigenvalue weighted by atomic mass is 32.2. The van der Waals surface area contributed by atoms with Gasteiger partial charge < -0.3 is 4.74 Å². The van der Waals surface area contributed by atoms with E-state index in [9.17, 15) is 4.79 Å². The Morgan fingerprint density at radius 2 is 1.95 bits per heavy atom. The summed E-state index contributed by atoms with van der Waals surface area (Å²) in [5, 5.41) is 0. The van der Waals surface area contributed by atoms with Gasteiger partial charge in [0.25, 0.3) is 0 Å². The van der Waals surface area contributed by atoms with Gasteiger partial charge in [-0.25, -0.2) is 0 Å². The lowest BCUT2D eigenvalue weighted by molar-refractivity contribution is 0.103. The SMILES string of the molecule is CSc1ccc(C(=O)c2cccc3c2OCC3)cc1. The van der Waals surface area contributed by atoms with Gasteiger partial charge in [-0.05, 0) is 42.2 Å². The van der Waals surface area contributed by atoms with Crippen LogP contribution in [-0.2, 0) is 6.42 Å². The molecule has 1 aliphatic heterocycles. The molecule has 2 aromatic carbocycles. The molecule has 0 saturated heterocycles. The van der Waals surface area contributed by atoms with E-state index >= 15 is 0 Å². The molecule has 0 unspecified atom stereocenters. The third kappa shape index (κ3) is 2.26. The number of carbonyl (C=O) groups is 1. The molecule has 0 N–H and O–H groups in total. The minimum atomic E-state index is 0.0337. The molecule has 1 aliphatic rings. The summed E-state index contributed by atoms with van der Waals surface area (Å²) in [7, 11) is 0. The van der Waals surface area contributed by atoms with E-state index in [-0.39, 0.29) is 5.78 Å². The van der Waals surface area contributed by atoms with Gasteiger partial charge in [-0.15, -0.1) is 11.8 Å². The highest BCUT2D eigenvalue weighted by molar-refractivity contribution is 7.98. The molecule has 0 spiro atoms. The van der Waals surface area contributed by atoms with Crippen molar-refractivity contribution in [2.75, 3.05) is 12.9 Å². The average molecular weight is 270 g/mol. The van der Waals surface area contributed by atoms with Crippen molar-refractivity contribution >= 4 is 17.5 Å². The summed E-state index contributed by atoms with van der Waals surface area (Å²) in [5.41, 5.74) is 2.51. The fourth-order valence-corrected chi connectivity index (χ4v) is 2.70. The molecule has 0 bridgehead atoms. The molecule has 0 aliphatic carbocycles. The lowest BCUT2D eigenvalue weighted by Crippen LogP contribution is -2.03. The summed E-state index contributed by atoms with van der Waals surface area (Å²) >= 11 is 1.67. The van der Waals surface area contributed by atoms with Crippen LogP contribution >= 0.6 is 11.8 Å². The van der Waals surface area contributed by atoms with E-state index in [1.165, 1.54) is 0 Å². The van der Waals surface area contributed by atoms with Crippen molar-refractivity contribution in [3.05, 3.63) is 59.2 Å². The van der Waals surface area contributed by atoms with E-state index in [2.05, 4.69) is 0 Å². The number of fused-ring (bicyclic) bond motifs is 1. The molecule has 0 amide bonds. The van der Waals surface area contributed by atoms with Crippen LogP contribution in [0.3, 0.4) is 0 Å². The van der Waals surface area contributed by atoms with Gasteiger partial charge >= 0.3 is 0 Å². The number of para-hydroxylation sites is 1. The fraction of sp³-hybridized carbons (Fsp3) is 0.188. The van der Waals surface area contributed by atoms with Gasteiger partial charge in [0.2, 0.25) is 0 Å². The summed E-state index contributed by atoms with van der Waals surface area (Å²) in [6.07, 6.45) is 2.91. The van der Waals surface area contributed by atoms with Gasteiger partial charge in [-0.1, -0.05) is 12.1 Å². The van der Waals surface area contributed by atoms with Gasteiger partial charge in [-0.2, -0.15) is 0 Å². The Morgan fingerprint density at radius 3 is 2.68 bits per heavy atom. The van der Waals surface area contributed by atoms with E-state index in [1.807, 2.05) is 48.7 Å². The molecule has 0 radical (unpaired) electrons. The number of carbonyl (C=O) groups excluding carboxylic acids is 1. The first-order valence-electron chi connectivity index (χ1n) is 6.23. The average Bonchev–Trinajstić information content (AvgIpc) is 2.95. The van der Waals surface area contributed by atoms with E-state index < -0.39 is 0 Å². The van der Waals surface area contributed by atoms with Crippen molar-refractivity contribution in [2.45, 2.75) is 11.3 Å². The molecule has 0 aromatic heterocycles. The lowest BCUT2D eigenvalue weighted by atomic mass is 10.00. The van der Waals surface area contributed by atoms with Crippen molar-refractivity contribution in [3.8, 4) is 5.75 Å². The maximum absolute atomic E-state index is 12.5. The minimum absolute atomic E-state index is 0.0337. The van der Waals surface area contributed by atoms with Gasteiger partial charge in [0.15, 0.2) is 5.78 Å². The number of ketones is 1. The minimum Gasteiger partial charge on any atom is -0.492 e. The number of rotatable bonds is 3. The van der Waals surface area contributed by atoms with Crippen LogP contribution in [0.5, 0.6) is 5.75 Å². The Morgan fingerprint density at radius 1 is 1.16 bits per heavy atom. The smallest absolute Gasteiger partial charge is 0.196 e. The second-order valence-electron chi connectivity index (χ2n) is 4.45. The molecular formula is C16H14O2S. The van der Waals surface area contributed by atoms with Crippen LogP contribution in [-0.4, -0.2) is 18.6 Å². The third-order valence-electron chi connectivity index (χ3n) is 3.31. The summed E-state index contributed by atoms with van der Waals surface area (Å²) in [5.74, 6) is 0.799. The largest absolute Gasteiger partial charge is 0.492 e. The van der Waals surface area contributed by atoms with Crippen LogP contribution in [0.4, 0.5) is 0 Å². The quantitative estimate of drug-likeness (QED) is 0.630. The first-order valence-corrected chi connectivity index (χ1v) is 7.45. The Balaban J connectivity index is 1.97. The van der Waals surface area contributed by atoms with Crippen molar-refractivity contribution < 1.29 is 9.53 Å². The molecule has 0 atom stereocenters. The fourth-order valence-electron chi connectivity index (χ4n) is 2.29. The number of ether oxygens (including phenoxy) is 1. The maximum atomic E-state index is 12.5. The van der Waals surface area contributed by atoms with Crippen LogP contribution in [0.1, 0.15) is 21.5 Å². The predicted molar refractivity (Wildman–Crippen MR) is 77.3 cm³/mol. The number of benzene rings is 2. The second-order valence-corrected chi connectivity index (χ2v) is 5.33. The molecule has 0 saturated carbocycles. The zero-order valence-corrected chi connectivity index (χ0v) is 11.5. The van der Waals surface area contributed by atoms with Crippen LogP contribution < -0.4 is 4.74 Å². The normalized spacial score (nSPS) is 12.9. The van der Waals surface area contributed by atoms with Crippen molar-refractivity contribution in [1.82, 2.24) is 0 Å². The molecule has 3 rings (SSSR count). The first kappa shape index (κ1) is 12.3. The Hall–Kier alpha value is -1.74. The van der Waals surface area contributed by atoms with E-state index in [1.54, 1.807) is 11.8 Å². The molecule has 2 nitrogen and oxygen atoms in total. The molecule has 2 aromatic rings. The van der Waals surface area contributed by atoms with E-state index in [0.717, 1.165) is 22.6 Å². The highest BCUT2D eigenvalue weighted by Gasteiger charge is 2.21. The molecule has 3 heteroatoms. The Kier molecular flexibility index (Phi) is 3.30.